The van der Waals surface area contributed by atoms with Gasteiger partial charge in [-0.1, -0.05) is 19.9 Å². The SMILES string of the molecule is CSc1cccc(-n2cc(C)nc2NCC(C)C)c1. The molecule has 0 aliphatic carbocycles. The van der Waals surface area contributed by atoms with Gasteiger partial charge in [-0.3, -0.25) is 4.57 Å². The molecule has 1 aromatic heterocycles. The normalized spacial score (nSPS) is 11.0. The van der Waals surface area contributed by atoms with Crippen LogP contribution in [0.2, 0.25) is 0 Å². The van der Waals surface area contributed by atoms with Crippen LogP contribution in [-0.2, 0) is 0 Å². The Morgan fingerprint density at radius 2 is 2.16 bits per heavy atom. The summed E-state index contributed by atoms with van der Waals surface area (Å²) < 4.78 is 2.12. The number of nitrogens with zero attached hydrogens (tertiary/aromatic N) is 2. The summed E-state index contributed by atoms with van der Waals surface area (Å²) in [5, 5.41) is 3.41. The zero-order valence-corrected chi connectivity index (χ0v) is 12.8. The zero-order chi connectivity index (χ0) is 13.8. The van der Waals surface area contributed by atoms with E-state index in [1.807, 2.05) is 6.92 Å². The van der Waals surface area contributed by atoms with E-state index in [0.29, 0.717) is 5.92 Å². The highest BCUT2D eigenvalue weighted by Gasteiger charge is 2.08. The second kappa shape index (κ2) is 6.15. The molecule has 102 valence electrons. The third-order valence-electron chi connectivity index (χ3n) is 2.83. The van der Waals surface area contributed by atoms with Crippen molar-refractivity contribution in [2.75, 3.05) is 18.1 Å². The molecule has 0 unspecified atom stereocenters. The van der Waals surface area contributed by atoms with Crippen molar-refractivity contribution in [3.63, 3.8) is 0 Å². The third kappa shape index (κ3) is 3.53. The van der Waals surface area contributed by atoms with Crippen molar-refractivity contribution < 1.29 is 0 Å². The van der Waals surface area contributed by atoms with Crippen LogP contribution < -0.4 is 5.32 Å². The largest absolute Gasteiger partial charge is 0.355 e. The minimum Gasteiger partial charge on any atom is -0.355 e. The van der Waals surface area contributed by atoms with E-state index in [-0.39, 0.29) is 0 Å². The van der Waals surface area contributed by atoms with E-state index in [1.165, 1.54) is 4.90 Å². The maximum Gasteiger partial charge on any atom is 0.207 e. The fourth-order valence-electron chi connectivity index (χ4n) is 1.88. The van der Waals surface area contributed by atoms with Crippen LogP contribution in [0.1, 0.15) is 19.5 Å². The molecule has 0 amide bonds. The van der Waals surface area contributed by atoms with Crippen LogP contribution in [0.15, 0.2) is 35.4 Å². The first-order valence-electron chi connectivity index (χ1n) is 6.54. The Kier molecular flexibility index (Phi) is 4.53. The molecule has 1 aromatic carbocycles. The molecule has 0 saturated heterocycles. The first-order chi connectivity index (χ1) is 9.10. The number of hydrogen-bond acceptors (Lipinski definition) is 3. The maximum atomic E-state index is 4.56. The summed E-state index contributed by atoms with van der Waals surface area (Å²) in [7, 11) is 0. The van der Waals surface area contributed by atoms with E-state index in [0.717, 1.165) is 23.9 Å². The second-order valence-electron chi connectivity index (χ2n) is 5.05. The number of benzene rings is 1. The van der Waals surface area contributed by atoms with E-state index >= 15 is 0 Å². The number of aromatic nitrogens is 2. The van der Waals surface area contributed by atoms with Gasteiger partial charge in [0.2, 0.25) is 5.95 Å². The standard InChI is InChI=1S/C15H21N3S/c1-11(2)9-16-15-17-12(3)10-18(15)13-6-5-7-14(8-13)19-4/h5-8,10-11H,9H2,1-4H3,(H,16,17). The van der Waals surface area contributed by atoms with Crippen LogP contribution in [-0.4, -0.2) is 22.4 Å². The predicted molar refractivity (Wildman–Crippen MR) is 83.4 cm³/mol. The molecule has 0 atom stereocenters. The lowest BCUT2D eigenvalue weighted by Gasteiger charge is -2.12. The van der Waals surface area contributed by atoms with Crippen molar-refractivity contribution in [3.8, 4) is 5.69 Å². The van der Waals surface area contributed by atoms with Gasteiger partial charge < -0.3 is 5.32 Å². The number of anilines is 1. The van der Waals surface area contributed by atoms with Crippen molar-refractivity contribution in [2.24, 2.45) is 5.92 Å². The lowest BCUT2D eigenvalue weighted by atomic mass is 10.2. The van der Waals surface area contributed by atoms with Crippen molar-refractivity contribution >= 4 is 17.7 Å². The van der Waals surface area contributed by atoms with Crippen LogP contribution in [0.4, 0.5) is 5.95 Å². The molecular formula is C15H21N3S. The van der Waals surface area contributed by atoms with Crippen molar-refractivity contribution in [2.45, 2.75) is 25.7 Å². The van der Waals surface area contributed by atoms with Gasteiger partial charge in [-0.2, -0.15) is 0 Å². The number of imidazole rings is 1. The molecule has 0 fully saturated rings. The summed E-state index contributed by atoms with van der Waals surface area (Å²) in [6.07, 6.45) is 4.16. The number of hydrogen-bond donors (Lipinski definition) is 1. The molecule has 0 spiro atoms. The number of thioether (sulfide) groups is 1. The average Bonchev–Trinajstić information content (AvgIpc) is 2.77. The summed E-state index contributed by atoms with van der Waals surface area (Å²) in [6.45, 7) is 7.34. The van der Waals surface area contributed by atoms with E-state index in [4.69, 9.17) is 0 Å². The molecule has 1 N–H and O–H groups in total. The van der Waals surface area contributed by atoms with Gasteiger partial charge in [-0.05, 0) is 37.3 Å². The minimum absolute atomic E-state index is 0.600. The summed E-state index contributed by atoms with van der Waals surface area (Å²) in [5.74, 6) is 1.52. The van der Waals surface area contributed by atoms with Gasteiger partial charge in [0.05, 0.1) is 5.69 Å². The van der Waals surface area contributed by atoms with E-state index in [9.17, 15) is 0 Å². The molecule has 19 heavy (non-hydrogen) atoms. The zero-order valence-electron chi connectivity index (χ0n) is 12.0. The van der Waals surface area contributed by atoms with Gasteiger partial charge in [-0.25, -0.2) is 4.98 Å². The summed E-state index contributed by atoms with van der Waals surface area (Å²) >= 11 is 1.75. The van der Waals surface area contributed by atoms with Gasteiger partial charge in [-0.15, -0.1) is 11.8 Å². The monoisotopic (exact) mass is 275 g/mol. The van der Waals surface area contributed by atoms with Gasteiger partial charge >= 0.3 is 0 Å². The van der Waals surface area contributed by atoms with Crippen LogP contribution >= 0.6 is 11.8 Å². The molecule has 2 rings (SSSR count). The minimum atomic E-state index is 0.600. The first-order valence-corrected chi connectivity index (χ1v) is 7.77. The summed E-state index contributed by atoms with van der Waals surface area (Å²) in [6, 6.07) is 8.51. The van der Waals surface area contributed by atoms with E-state index in [1.54, 1.807) is 11.8 Å². The second-order valence-corrected chi connectivity index (χ2v) is 5.93. The van der Waals surface area contributed by atoms with Gasteiger partial charge in [0.25, 0.3) is 0 Å². The molecule has 3 nitrogen and oxygen atoms in total. The van der Waals surface area contributed by atoms with Crippen LogP contribution in [0.3, 0.4) is 0 Å². The highest BCUT2D eigenvalue weighted by molar-refractivity contribution is 7.98. The van der Waals surface area contributed by atoms with E-state index in [2.05, 4.69) is 65.4 Å². The molecule has 1 heterocycles. The Bertz CT molecular complexity index is 546. The van der Waals surface area contributed by atoms with Crippen molar-refractivity contribution in [1.82, 2.24) is 9.55 Å². The molecule has 0 aliphatic rings. The highest BCUT2D eigenvalue weighted by atomic mass is 32.2. The predicted octanol–water partition coefficient (Wildman–Crippen LogP) is 3.97. The smallest absolute Gasteiger partial charge is 0.207 e. The summed E-state index contributed by atoms with van der Waals surface area (Å²) in [4.78, 5) is 5.82. The highest BCUT2D eigenvalue weighted by Crippen LogP contribution is 2.22. The van der Waals surface area contributed by atoms with Crippen LogP contribution in [0.5, 0.6) is 0 Å². The maximum absolute atomic E-state index is 4.56. The third-order valence-corrected chi connectivity index (χ3v) is 3.55. The van der Waals surface area contributed by atoms with Crippen molar-refractivity contribution in [3.05, 3.63) is 36.2 Å². The first kappa shape index (κ1) is 14.0. The fraction of sp³-hybridized carbons (Fsp3) is 0.400. The molecule has 2 aromatic rings. The fourth-order valence-corrected chi connectivity index (χ4v) is 2.33. The summed E-state index contributed by atoms with van der Waals surface area (Å²) in [5.41, 5.74) is 2.18. The Morgan fingerprint density at radius 1 is 1.37 bits per heavy atom. The average molecular weight is 275 g/mol. The molecular weight excluding hydrogens is 254 g/mol. The molecule has 0 saturated carbocycles. The van der Waals surface area contributed by atoms with Gasteiger partial charge in [0.15, 0.2) is 0 Å². The van der Waals surface area contributed by atoms with E-state index < -0.39 is 0 Å². The van der Waals surface area contributed by atoms with Gasteiger partial charge in [0, 0.05) is 23.3 Å². The Hall–Kier alpha value is -1.42. The van der Waals surface area contributed by atoms with Crippen molar-refractivity contribution in [1.29, 1.82) is 0 Å². The quantitative estimate of drug-likeness (QED) is 0.837. The lowest BCUT2D eigenvalue weighted by Crippen LogP contribution is -2.12. The Morgan fingerprint density at radius 3 is 2.84 bits per heavy atom. The molecule has 4 heteroatoms. The number of rotatable bonds is 5. The number of aryl methyl sites for hydroxylation is 1. The van der Waals surface area contributed by atoms with Gasteiger partial charge in [0.1, 0.15) is 0 Å². The molecule has 0 bridgehead atoms. The number of nitrogens with one attached hydrogen (secondary N) is 1. The van der Waals surface area contributed by atoms with Crippen LogP contribution in [0, 0.1) is 12.8 Å². The lowest BCUT2D eigenvalue weighted by molar-refractivity contribution is 0.683. The molecule has 0 aliphatic heterocycles. The molecule has 0 radical (unpaired) electrons. The topological polar surface area (TPSA) is 29.9 Å². The Labute approximate surface area is 119 Å². The van der Waals surface area contributed by atoms with Crippen LogP contribution in [0.25, 0.3) is 5.69 Å². The Balaban J connectivity index is 2.32.